The third-order valence-electron chi connectivity index (χ3n) is 2.63. The Morgan fingerprint density at radius 3 is 2.50 bits per heavy atom. The molecule has 0 fully saturated rings. The van der Waals surface area contributed by atoms with E-state index in [-0.39, 0.29) is 11.3 Å². The average Bonchev–Trinajstić information content (AvgIpc) is 2.46. The molecule has 1 N–H and O–H groups in total. The van der Waals surface area contributed by atoms with Crippen LogP contribution < -0.4 is 0 Å². The highest BCUT2D eigenvalue weighted by Crippen LogP contribution is 2.24. The van der Waals surface area contributed by atoms with Gasteiger partial charge >= 0.3 is 5.97 Å². The van der Waals surface area contributed by atoms with Gasteiger partial charge in [-0.2, -0.15) is 0 Å². The molecule has 2 aromatic rings. The normalized spacial score (nSPS) is 10.2. The van der Waals surface area contributed by atoms with Crippen LogP contribution in [0.3, 0.4) is 0 Å². The molecule has 0 amide bonds. The van der Waals surface area contributed by atoms with Crippen molar-refractivity contribution in [3.05, 3.63) is 69.8 Å². The maximum atomic E-state index is 10.7. The summed E-state index contributed by atoms with van der Waals surface area (Å²) < 4.78 is 0. The average molecular weight is 289 g/mol. The van der Waals surface area contributed by atoms with E-state index in [9.17, 15) is 14.9 Å². The molecule has 0 unspecified atom stereocenters. The molecule has 2 aromatic carbocycles. The Morgan fingerprint density at radius 2 is 1.90 bits per heavy atom. The molecule has 0 aliphatic rings. The maximum absolute atomic E-state index is 10.7. The molecule has 2 rings (SSSR count). The Balaban J connectivity index is 2.03. The highest BCUT2D eigenvalue weighted by atomic mass is 32.2. The molecule has 0 aliphatic carbocycles. The number of aromatic carboxylic acids is 1. The Labute approximate surface area is 119 Å². The second-order valence-electron chi connectivity index (χ2n) is 4.05. The van der Waals surface area contributed by atoms with Crippen molar-refractivity contribution >= 4 is 23.4 Å². The highest BCUT2D eigenvalue weighted by Gasteiger charge is 2.06. The number of nitrogens with zero attached hydrogens (tertiary/aromatic N) is 1. The van der Waals surface area contributed by atoms with Crippen LogP contribution in [0.4, 0.5) is 5.69 Å². The number of carboxylic acids is 1. The lowest BCUT2D eigenvalue weighted by molar-refractivity contribution is -0.384. The third kappa shape index (κ3) is 3.58. The highest BCUT2D eigenvalue weighted by molar-refractivity contribution is 7.98. The van der Waals surface area contributed by atoms with Crippen molar-refractivity contribution in [1.82, 2.24) is 0 Å². The number of hydrogen-bond donors (Lipinski definition) is 1. The number of benzene rings is 2. The molecule has 5 nitrogen and oxygen atoms in total. The summed E-state index contributed by atoms with van der Waals surface area (Å²) in [5.41, 5.74) is 1.17. The number of thioether (sulfide) groups is 1. The molecular formula is C14H11NO4S. The third-order valence-corrected chi connectivity index (χ3v) is 3.71. The maximum Gasteiger partial charge on any atom is 0.335 e. The van der Waals surface area contributed by atoms with Crippen LogP contribution in [0.5, 0.6) is 0 Å². The van der Waals surface area contributed by atoms with Gasteiger partial charge in [0, 0.05) is 22.8 Å². The fourth-order valence-electron chi connectivity index (χ4n) is 1.62. The molecule has 0 bridgehead atoms. The van der Waals surface area contributed by atoms with Crippen molar-refractivity contribution < 1.29 is 14.8 Å². The van der Waals surface area contributed by atoms with E-state index in [2.05, 4.69) is 0 Å². The number of carboxylic acid groups (broad SMARTS) is 1. The first kappa shape index (κ1) is 14.1. The largest absolute Gasteiger partial charge is 0.478 e. The number of non-ortho nitro benzene ring substituents is 1. The van der Waals surface area contributed by atoms with Crippen molar-refractivity contribution in [1.29, 1.82) is 0 Å². The zero-order valence-corrected chi connectivity index (χ0v) is 11.2. The quantitative estimate of drug-likeness (QED) is 0.517. The van der Waals surface area contributed by atoms with Gasteiger partial charge in [-0.15, -0.1) is 11.8 Å². The molecule has 0 aliphatic heterocycles. The SMILES string of the molecule is O=C(O)c1ccc(SCc2cccc([N+](=O)[O-])c2)cc1. The lowest BCUT2D eigenvalue weighted by Crippen LogP contribution is -1.94. The molecule has 0 saturated carbocycles. The molecule has 0 spiro atoms. The van der Waals surface area contributed by atoms with Crippen LogP contribution in [0.1, 0.15) is 15.9 Å². The summed E-state index contributed by atoms with van der Waals surface area (Å²) in [6.45, 7) is 0. The lowest BCUT2D eigenvalue weighted by atomic mass is 10.2. The first-order valence-electron chi connectivity index (χ1n) is 5.76. The van der Waals surface area contributed by atoms with Gasteiger partial charge in [0.1, 0.15) is 0 Å². The summed E-state index contributed by atoms with van der Waals surface area (Å²) in [5.74, 6) is -0.367. The van der Waals surface area contributed by atoms with E-state index in [0.717, 1.165) is 10.5 Å². The fourth-order valence-corrected chi connectivity index (χ4v) is 2.46. The zero-order chi connectivity index (χ0) is 14.5. The minimum Gasteiger partial charge on any atom is -0.478 e. The monoisotopic (exact) mass is 289 g/mol. The van der Waals surface area contributed by atoms with Gasteiger partial charge in [0.25, 0.3) is 5.69 Å². The van der Waals surface area contributed by atoms with E-state index < -0.39 is 10.9 Å². The van der Waals surface area contributed by atoms with E-state index >= 15 is 0 Å². The van der Waals surface area contributed by atoms with Crippen LogP contribution in [0.25, 0.3) is 0 Å². The summed E-state index contributed by atoms with van der Waals surface area (Å²) in [4.78, 5) is 21.9. The summed E-state index contributed by atoms with van der Waals surface area (Å²) in [7, 11) is 0. The smallest absolute Gasteiger partial charge is 0.335 e. The molecular weight excluding hydrogens is 278 g/mol. The molecule has 0 atom stereocenters. The predicted octanol–water partition coefficient (Wildman–Crippen LogP) is 3.59. The van der Waals surface area contributed by atoms with E-state index in [1.807, 2.05) is 6.07 Å². The molecule has 20 heavy (non-hydrogen) atoms. The van der Waals surface area contributed by atoms with Crippen LogP contribution in [0, 0.1) is 10.1 Å². The summed E-state index contributed by atoms with van der Waals surface area (Å²) in [6, 6.07) is 13.0. The van der Waals surface area contributed by atoms with Crippen molar-refractivity contribution in [3.8, 4) is 0 Å². The van der Waals surface area contributed by atoms with E-state index in [4.69, 9.17) is 5.11 Å². The molecule has 0 heterocycles. The Kier molecular flexibility index (Phi) is 4.37. The van der Waals surface area contributed by atoms with E-state index in [1.54, 1.807) is 24.3 Å². The molecule has 6 heteroatoms. The first-order valence-corrected chi connectivity index (χ1v) is 6.74. The zero-order valence-electron chi connectivity index (χ0n) is 10.4. The van der Waals surface area contributed by atoms with Gasteiger partial charge < -0.3 is 5.11 Å². The minimum absolute atomic E-state index is 0.0734. The second-order valence-corrected chi connectivity index (χ2v) is 5.09. The van der Waals surface area contributed by atoms with Crippen LogP contribution >= 0.6 is 11.8 Å². The lowest BCUT2D eigenvalue weighted by Gasteiger charge is -2.03. The van der Waals surface area contributed by atoms with Crippen molar-refractivity contribution in [2.45, 2.75) is 10.6 Å². The van der Waals surface area contributed by atoms with Crippen LogP contribution in [0.2, 0.25) is 0 Å². The minimum atomic E-state index is -0.958. The number of nitro benzene ring substituents is 1. The molecule has 0 radical (unpaired) electrons. The topological polar surface area (TPSA) is 80.4 Å². The van der Waals surface area contributed by atoms with Gasteiger partial charge in [-0.1, -0.05) is 12.1 Å². The van der Waals surface area contributed by atoms with Crippen molar-refractivity contribution in [2.75, 3.05) is 0 Å². The van der Waals surface area contributed by atoms with Crippen LogP contribution in [0.15, 0.2) is 53.4 Å². The van der Waals surface area contributed by atoms with Gasteiger partial charge in [-0.3, -0.25) is 10.1 Å². The second kappa shape index (κ2) is 6.21. The molecule has 0 saturated heterocycles. The van der Waals surface area contributed by atoms with Crippen molar-refractivity contribution in [2.24, 2.45) is 0 Å². The summed E-state index contributed by atoms with van der Waals surface area (Å²) in [5, 5.41) is 19.5. The fraction of sp³-hybridized carbons (Fsp3) is 0.0714. The van der Waals surface area contributed by atoms with Crippen LogP contribution in [-0.2, 0) is 5.75 Å². The van der Waals surface area contributed by atoms with Crippen LogP contribution in [-0.4, -0.2) is 16.0 Å². The molecule has 0 aromatic heterocycles. The van der Waals surface area contributed by atoms with E-state index in [0.29, 0.717) is 5.75 Å². The van der Waals surface area contributed by atoms with Gasteiger partial charge in [0.15, 0.2) is 0 Å². The van der Waals surface area contributed by atoms with Gasteiger partial charge in [-0.05, 0) is 29.8 Å². The van der Waals surface area contributed by atoms with Crippen molar-refractivity contribution in [3.63, 3.8) is 0 Å². The summed E-state index contributed by atoms with van der Waals surface area (Å²) in [6.07, 6.45) is 0. The summed E-state index contributed by atoms with van der Waals surface area (Å²) >= 11 is 1.50. The van der Waals surface area contributed by atoms with E-state index in [1.165, 1.54) is 30.0 Å². The van der Waals surface area contributed by atoms with Gasteiger partial charge in [0.05, 0.1) is 10.5 Å². The Hall–Kier alpha value is -2.34. The Morgan fingerprint density at radius 1 is 1.20 bits per heavy atom. The number of nitro groups is 1. The standard InChI is InChI=1S/C14H11NO4S/c16-14(17)11-4-6-13(7-5-11)20-9-10-2-1-3-12(8-10)15(18)19/h1-8H,9H2,(H,16,17). The molecule has 102 valence electrons. The van der Waals surface area contributed by atoms with Gasteiger partial charge in [0.2, 0.25) is 0 Å². The Bertz CT molecular complexity index is 640. The number of rotatable bonds is 5. The first-order chi connectivity index (χ1) is 9.56. The predicted molar refractivity (Wildman–Crippen MR) is 76.1 cm³/mol. The van der Waals surface area contributed by atoms with Gasteiger partial charge in [-0.25, -0.2) is 4.79 Å². The number of hydrogen-bond acceptors (Lipinski definition) is 4. The number of carbonyl (C=O) groups is 1.